The van der Waals surface area contributed by atoms with Crippen LogP contribution in [0.1, 0.15) is 29.6 Å². The molecule has 0 spiro atoms. The van der Waals surface area contributed by atoms with Gasteiger partial charge in [0.15, 0.2) is 0 Å². The lowest BCUT2D eigenvalue weighted by Gasteiger charge is -2.25. The van der Waals surface area contributed by atoms with Crippen LogP contribution in [-0.2, 0) is 0 Å². The second kappa shape index (κ2) is 7.64. The number of carbonyl (C=O) groups excluding carboxylic acids is 1. The second-order valence-electron chi connectivity index (χ2n) is 5.70. The van der Waals surface area contributed by atoms with Crippen molar-refractivity contribution in [3.05, 3.63) is 28.8 Å². The minimum Gasteiger partial charge on any atom is -0.434 e. The molecule has 2 heterocycles. The number of nitrogens with one attached hydrogen (secondary N) is 1. The van der Waals surface area contributed by atoms with Gasteiger partial charge in [-0.1, -0.05) is 11.6 Å². The predicted octanol–water partition coefficient (Wildman–Crippen LogP) is 3.33. The van der Waals surface area contributed by atoms with Gasteiger partial charge < -0.3 is 15.0 Å². The van der Waals surface area contributed by atoms with Crippen molar-refractivity contribution in [3.8, 4) is 5.75 Å². The molecule has 0 saturated carbocycles. The normalized spacial score (nSPS) is 23.4. The Morgan fingerprint density at radius 2 is 2.04 bits per heavy atom. The van der Waals surface area contributed by atoms with Gasteiger partial charge in [0.1, 0.15) is 5.75 Å². The Balaban J connectivity index is 0.00000192. The van der Waals surface area contributed by atoms with E-state index in [1.54, 1.807) is 4.90 Å². The molecule has 2 saturated heterocycles. The number of benzene rings is 1. The third kappa shape index (κ3) is 4.25. The SMILES string of the molecule is Cl.O=C(c1cc(Cl)ccc1OC(F)F)N1CCC2CCC(C1)N2. The summed E-state index contributed by atoms with van der Waals surface area (Å²) < 4.78 is 29.5. The van der Waals surface area contributed by atoms with E-state index in [9.17, 15) is 13.6 Å². The number of fused-ring (bicyclic) bond motifs is 2. The quantitative estimate of drug-likeness (QED) is 0.891. The molecule has 1 amide bonds. The standard InChI is InChI=1S/C15H17ClF2N2O2.ClH/c16-9-1-4-13(22-15(17)18)12(7-9)14(21)20-6-5-10-2-3-11(8-20)19-10;/h1,4,7,10-11,15,19H,2-3,5-6,8H2;1H. The first-order chi connectivity index (χ1) is 10.5. The van der Waals surface area contributed by atoms with Crippen LogP contribution in [0, 0.1) is 0 Å². The van der Waals surface area contributed by atoms with E-state index < -0.39 is 6.61 Å². The van der Waals surface area contributed by atoms with E-state index in [2.05, 4.69) is 10.1 Å². The van der Waals surface area contributed by atoms with Crippen LogP contribution in [-0.4, -0.2) is 42.6 Å². The van der Waals surface area contributed by atoms with Crippen molar-refractivity contribution in [2.24, 2.45) is 0 Å². The molecular formula is C15H18Cl2F2N2O2. The van der Waals surface area contributed by atoms with Crippen LogP contribution in [0.25, 0.3) is 0 Å². The van der Waals surface area contributed by atoms with E-state index in [4.69, 9.17) is 11.6 Å². The number of alkyl halides is 2. The summed E-state index contributed by atoms with van der Waals surface area (Å²) in [5.74, 6) is -0.445. The summed E-state index contributed by atoms with van der Waals surface area (Å²) in [5.41, 5.74) is 0.0885. The van der Waals surface area contributed by atoms with Crippen LogP contribution in [0.3, 0.4) is 0 Å². The van der Waals surface area contributed by atoms with Crippen LogP contribution in [0.2, 0.25) is 5.02 Å². The van der Waals surface area contributed by atoms with E-state index in [-0.39, 0.29) is 35.7 Å². The summed E-state index contributed by atoms with van der Waals surface area (Å²) in [6, 6.07) is 4.85. The fourth-order valence-electron chi connectivity index (χ4n) is 3.17. The van der Waals surface area contributed by atoms with Gasteiger partial charge in [-0.25, -0.2) is 0 Å². The second-order valence-corrected chi connectivity index (χ2v) is 6.13. The first-order valence-corrected chi connectivity index (χ1v) is 7.70. The van der Waals surface area contributed by atoms with Crippen LogP contribution in [0.5, 0.6) is 5.75 Å². The lowest BCUT2D eigenvalue weighted by molar-refractivity contribution is -0.0502. The fraction of sp³-hybridized carbons (Fsp3) is 0.533. The van der Waals surface area contributed by atoms with Crippen molar-refractivity contribution in [2.45, 2.75) is 38.0 Å². The number of amides is 1. The summed E-state index contributed by atoms with van der Waals surface area (Å²) >= 11 is 5.91. The molecule has 0 radical (unpaired) electrons. The monoisotopic (exact) mass is 366 g/mol. The molecule has 8 heteroatoms. The number of carbonyl (C=O) groups is 1. The van der Waals surface area contributed by atoms with E-state index in [0.29, 0.717) is 24.2 Å². The Hall–Kier alpha value is -1.11. The van der Waals surface area contributed by atoms with E-state index >= 15 is 0 Å². The van der Waals surface area contributed by atoms with Gasteiger partial charge in [-0.15, -0.1) is 12.4 Å². The van der Waals surface area contributed by atoms with Gasteiger partial charge in [0.25, 0.3) is 5.91 Å². The molecule has 0 aromatic heterocycles. The zero-order chi connectivity index (χ0) is 15.7. The van der Waals surface area contributed by atoms with Crippen molar-refractivity contribution >= 4 is 29.9 Å². The lowest BCUT2D eigenvalue weighted by atomic mass is 10.1. The average molecular weight is 367 g/mol. The summed E-state index contributed by atoms with van der Waals surface area (Å²) in [5, 5.41) is 3.80. The molecule has 23 heavy (non-hydrogen) atoms. The predicted molar refractivity (Wildman–Crippen MR) is 85.8 cm³/mol. The van der Waals surface area contributed by atoms with Crippen molar-refractivity contribution < 1.29 is 18.3 Å². The minimum absolute atomic E-state index is 0. The van der Waals surface area contributed by atoms with E-state index in [0.717, 1.165) is 19.3 Å². The number of rotatable bonds is 3. The number of hydrogen-bond acceptors (Lipinski definition) is 3. The molecule has 3 rings (SSSR count). The molecule has 1 aromatic carbocycles. The van der Waals surface area contributed by atoms with Crippen molar-refractivity contribution in [3.63, 3.8) is 0 Å². The molecule has 1 aromatic rings. The van der Waals surface area contributed by atoms with Gasteiger partial charge >= 0.3 is 6.61 Å². The Labute approximate surface area is 144 Å². The summed E-state index contributed by atoms with van der Waals surface area (Å²) in [6.45, 7) is -1.79. The third-order valence-electron chi connectivity index (χ3n) is 4.20. The summed E-state index contributed by atoms with van der Waals surface area (Å²) in [4.78, 5) is 14.4. The van der Waals surface area contributed by atoms with Crippen LogP contribution < -0.4 is 10.1 Å². The largest absolute Gasteiger partial charge is 0.434 e. The molecule has 2 atom stereocenters. The van der Waals surface area contributed by atoms with Crippen molar-refractivity contribution in [2.75, 3.05) is 13.1 Å². The zero-order valence-corrected chi connectivity index (χ0v) is 13.9. The van der Waals surface area contributed by atoms with Crippen molar-refractivity contribution in [1.82, 2.24) is 10.2 Å². The van der Waals surface area contributed by atoms with Crippen LogP contribution >= 0.6 is 24.0 Å². The summed E-state index contributed by atoms with van der Waals surface area (Å²) in [7, 11) is 0. The third-order valence-corrected chi connectivity index (χ3v) is 4.43. The van der Waals surface area contributed by atoms with Gasteiger partial charge in [-0.3, -0.25) is 4.79 Å². The Bertz CT molecular complexity index is 574. The smallest absolute Gasteiger partial charge is 0.387 e. The van der Waals surface area contributed by atoms with Crippen LogP contribution in [0.4, 0.5) is 8.78 Å². The molecule has 128 valence electrons. The van der Waals surface area contributed by atoms with Gasteiger partial charge in [-0.05, 0) is 37.5 Å². The molecule has 1 N–H and O–H groups in total. The highest BCUT2D eigenvalue weighted by atomic mass is 35.5. The number of likely N-dealkylation sites (tertiary alicyclic amines) is 1. The van der Waals surface area contributed by atoms with Gasteiger partial charge in [0.05, 0.1) is 5.56 Å². The molecule has 2 bridgehead atoms. The van der Waals surface area contributed by atoms with Crippen LogP contribution in [0.15, 0.2) is 18.2 Å². The van der Waals surface area contributed by atoms with Gasteiger partial charge in [0.2, 0.25) is 0 Å². The molecule has 0 aliphatic carbocycles. The Kier molecular flexibility index (Phi) is 6.06. The lowest BCUT2D eigenvalue weighted by Crippen LogP contribution is -2.39. The minimum atomic E-state index is -2.98. The molecule has 2 aliphatic heterocycles. The molecule has 4 nitrogen and oxygen atoms in total. The number of halogens is 4. The van der Waals surface area contributed by atoms with Gasteiger partial charge in [-0.2, -0.15) is 8.78 Å². The number of ether oxygens (including phenoxy) is 1. The fourth-order valence-corrected chi connectivity index (χ4v) is 3.34. The first-order valence-electron chi connectivity index (χ1n) is 7.32. The highest BCUT2D eigenvalue weighted by molar-refractivity contribution is 6.31. The Morgan fingerprint density at radius 1 is 1.30 bits per heavy atom. The molecule has 2 aliphatic rings. The number of nitrogens with zero attached hydrogens (tertiary/aromatic N) is 1. The van der Waals surface area contributed by atoms with Gasteiger partial charge in [0, 0.05) is 30.2 Å². The topological polar surface area (TPSA) is 41.6 Å². The maximum atomic E-state index is 12.7. The average Bonchev–Trinajstić information content (AvgIpc) is 2.79. The highest BCUT2D eigenvalue weighted by Gasteiger charge is 2.32. The molecule has 2 unspecified atom stereocenters. The van der Waals surface area contributed by atoms with Crippen molar-refractivity contribution in [1.29, 1.82) is 0 Å². The summed E-state index contributed by atoms with van der Waals surface area (Å²) in [6.07, 6.45) is 3.03. The van der Waals surface area contributed by atoms with E-state index in [1.165, 1.54) is 18.2 Å². The van der Waals surface area contributed by atoms with E-state index in [1.807, 2.05) is 0 Å². The molecular weight excluding hydrogens is 349 g/mol. The molecule has 2 fully saturated rings. The Morgan fingerprint density at radius 3 is 2.78 bits per heavy atom. The number of hydrogen-bond donors (Lipinski definition) is 1. The zero-order valence-electron chi connectivity index (χ0n) is 12.3. The maximum absolute atomic E-state index is 12.7. The first kappa shape index (κ1) is 18.2. The highest BCUT2D eigenvalue weighted by Crippen LogP contribution is 2.28. The maximum Gasteiger partial charge on any atom is 0.387 e.